The number of halogens is 1. The molecular weight excluding hydrogens is 422 g/mol. The van der Waals surface area contributed by atoms with E-state index >= 15 is 0 Å². The van der Waals surface area contributed by atoms with E-state index in [1.165, 1.54) is 5.56 Å². The molecule has 1 aliphatic rings. The van der Waals surface area contributed by atoms with Crippen LogP contribution in [0.5, 0.6) is 5.75 Å². The number of rotatable bonds is 4. The van der Waals surface area contributed by atoms with E-state index in [1.54, 1.807) is 13.3 Å². The van der Waals surface area contributed by atoms with Gasteiger partial charge >= 0.3 is 0 Å². The van der Waals surface area contributed by atoms with Crippen LogP contribution >= 0.6 is 11.6 Å². The van der Waals surface area contributed by atoms with Crippen LogP contribution in [0.25, 0.3) is 5.65 Å². The highest BCUT2D eigenvalue weighted by atomic mass is 35.5. The number of methoxy groups -OCH3 is 1. The minimum atomic E-state index is -0.526. The zero-order valence-corrected chi connectivity index (χ0v) is 19.2. The minimum Gasteiger partial charge on any atom is -0.495 e. The van der Waals surface area contributed by atoms with E-state index in [2.05, 4.69) is 75.0 Å². The van der Waals surface area contributed by atoms with Crippen molar-refractivity contribution < 1.29 is 4.74 Å². The van der Waals surface area contributed by atoms with Gasteiger partial charge in [-0.25, -0.2) is 0 Å². The number of hydrogen-bond acceptors (Lipinski definition) is 5. The first kappa shape index (κ1) is 20.7. The van der Waals surface area contributed by atoms with Crippen molar-refractivity contribution in [2.45, 2.75) is 25.4 Å². The number of fused-ring (bicyclic) bond motifs is 1. The van der Waals surface area contributed by atoms with E-state index in [4.69, 9.17) is 16.3 Å². The molecule has 7 heteroatoms. The Kier molecular flexibility index (Phi) is 4.99. The molecule has 5 rings (SSSR count). The summed E-state index contributed by atoms with van der Waals surface area (Å²) in [4.78, 5) is 6.80. The molecule has 0 bridgehead atoms. The Bertz CT molecular complexity index is 1330. The van der Waals surface area contributed by atoms with Crippen molar-refractivity contribution in [3.05, 3.63) is 100 Å². The molecule has 3 aromatic heterocycles. The van der Waals surface area contributed by atoms with E-state index < -0.39 is 5.54 Å². The maximum Gasteiger partial charge on any atom is 0.163 e. The minimum absolute atomic E-state index is 0.0433. The van der Waals surface area contributed by atoms with Crippen LogP contribution in [0.4, 0.5) is 0 Å². The van der Waals surface area contributed by atoms with Crippen molar-refractivity contribution >= 4 is 17.2 Å². The molecule has 0 fully saturated rings. The van der Waals surface area contributed by atoms with Crippen molar-refractivity contribution in [3.63, 3.8) is 0 Å². The van der Waals surface area contributed by atoms with Crippen molar-refractivity contribution in [2.24, 2.45) is 0 Å². The molecule has 2 unspecified atom stereocenters. The highest BCUT2D eigenvalue weighted by molar-refractivity contribution is 6.30. The Morgan fingerprint density at radius 2 is 1.81 bits per heavy atom. The number of aromatic nitrogens is 4. The van der Waals surface area contributed by atoms with Crippen LogP contribution in [0, 0.1) is 13.8 Å². The lowest BCUT2D eigenvalue weighted by molar-refractivity contribution is 0.192. The summed E-state index contributed by atoms with van der Waals surface area (Å²) in [5, 5.41) is 9.25. The third kappa shape index (κ3) is 3.10. The lowest BCUT2D eigenvalue weighted by atomic mass is 9.83. The van der Waals surface area contributed by atoms with Crippen LogP contribution in [-0.2, 0) is 5.54 Å². The van der Waals surface area contributed by atoms with Gasteiger partial charge in [0.2, 0.25) is 0 Å². The third-order valence-corrected chi connectivity index (χ3v) is 6.64. The average Bonchev–Trinajstić information content (AvgIpc) is 3.35. The van der Waals surface area contributed by atoms with Gasteiger partial charge in [0, 0.05) is 23.0 Å². The Labute approximate surface area is 192 Å². The standard InChI is InChI=1S/C25H24ClN5O/c1-16-11-18(15-31-17(2)28-29-24(16)31)23-9-10-25(30(23)3,19-5-7-21(26)8-6-19)20-12-22(32-4)14-27-13-20/h5-15,23H,1-4H3. The molecule has 0 N–H and O–H groups in total. The second-order valence-electron chi connectivity index (χ2n) is 8.20. The molecule has 1 aromatic carbocycles. The number of benzene rings is 1. The van der Waals surface area contributed by atoms with Gasteiger partial charge in [0.25, 0.3) is 0 Å². The van der Waals surface area contributed by atoms with E-state index in [-0.39, 0.29) is 6.04 Å². The molecule has 0 amide bonds. The van der Waals surface area contributed by atoms with Crippen LogP contribution in [0.2, 0.25) is 5.02 Å². The van der Waals surface area contributed by atoms with Gasteiger partial charge < -0.3 is 4.74 Å². The first-order valence-electron chi connectivity index (χ1n) is 10.4. The van der Waals surface area contributed by atoms with Crippen molar-refractivity contribution in [1.29, 1.82) is 0 Å². The van der Waals surface area contributed by atoms with Crippen molar-refractivity contribution in [3.8, 4) is 5.75 Å². The number of likely N-dealkylation sites (N-methyl/N-ethyl adjacent to an activating group) is 1. The first-order chi connectivity index (χ1) is 15.4. The molecule has 2 atom stereocenters. The largest absolute Gasteiger partial charge is 0.495 e. The number of pyridine rings is 2. The smallest absolute Gasteiger partial charge is 0.163 e. The van der Waals surface area contributed by atoms with Crippen molar-refractivity contribution in [1.82, 2.24) is 24.5 Å². The van der Waals surface area contributed by atoms with Crippen LogP contribution in [0.15, 0.2) is 67.1 Å². The summed E-state index contributed by atoms with van der Waals surface area (Å²) in [7, 11) is 3.80. The second-order valence-corrected chi connectivity index (χ2v) is 8.64. The molecule has 32 heavy (non-hydrogen) atoms. The van der Waals surface area contributed by atoms with Gasteiger partial charge in [-0.05, 0) is 61.9 Å². The van der Waals surface area contributed by atoms with Crippen LogP contribution in [0.1, 0.15) is 34.1 Å². The quantitative estimate of drug-likeness (QED) is 0.418. The molecular formula is C25H24ClN5O. The summed E-state index contributed by atoms with van der Waals surface area (Å²) in [5.74, 6) is 1.59. The fraction of sp³-hybridized carbons (Fsp3) is 0.240. The molecule has 162 valence electrons. The van der Waals surface area contributed by atoms with Gasteiger partial charge in [0.15, 0.2) is 5.65 Å². The van der Waals surface area contributed by atoms with E-state index in [9.17, 15) is 0 Å². The summed E-state index contributed by atoms with van der Waals surface area (Å²) < 4.78 is 7.54. The highest BCUT2D eigenvalue weighted by Gasteiger charge is 2.44. The SMILES string of the molecule is COc1cncc(C2(c3ccc(Cl)cc3)C=CC(c3cc(C)c4nnc(C)n4c3)N2C)c1. The van der Waals surface area contributed by atoms with Crippen molar-refractivity contribution in [2.75, 3.05) is 14.2 Å². The molecule has 0 saturated carbocycles. The third-order valence-electron chi connectivity index (χ3n) is 6.39. The molecule has 0 saturated heterocycles. The summed E-state index contributed by atoms with van der Waals surface area (Å²) in [6, 6.07) is 12.3. The Balaban J connectivity index is 1.67. The van der Waals surface area contributed by atoms with E-state index in [0.29, 0.717) is 5.02 Å². The lowest BCUT2D eigenvalue weighted by Crippen LogP contribution is -2.41. The first-order valence-corrected chi connectivity index (χ1v) is 10.8. The van der Waals surface area contributed by atoms with Gasteiger partial charge in [-0.2, -0.15) is 0 Å². The summed E-state index contributed by atoms with van der Waals surface area (Å²) in [5.41, 5.74) is 4.76. The van der Waals surface area contributed by atoms with Gasteiger partial charge in [-0.1, -0.05) is 35.9 Å². The zero-order valence-electron chi connectivity index (χ0n) is 18.5. The lowest BCUT2D eigenvalue weighted by Gasteiger charge is -2.39. The molecule has 4 aromatic rings. The van der Waals surface area contributed by atoms with Gasteiger partial charge in [0.1, 0.15) is 11.6 Å². The van der Waals surface area contributed by atoms with Gasteiger partial charge in [-0.15, -0.1) is 10.2 Å². The fourth-order valence-corrected chi connectivity index (χ4v) is 4.82. The molecule has 0 spiro atoms. The number of aryl methyl sites for hydroxylation is 2. The summed E-state index contributed by atoms with van der Waals surface area (Å²) in [6.45, 7) is 4.04. The molecule has 0 aliphatic carbocycles. The molecule has 0 radical (unpaired) electrons. The Morgan fingerprint density at radius 3 is 2.56 bits per heavy atom. The zero-order chi connectivity index (χ0) is 22.5. The number of hydrogen-bond donors (Lipinski definition) is 0. The topological polar surface area (TPSA) is 55.6 Å². The van der Waals surface area contributed by atoms with E-state index in [1.807, 2.05) is 31.3 Å². The van der Waals surface area contributed by atoms with Gasteiger partial charge in [-0.3, -0.25) is 14.3 Å². The maximum absolute atomic E-state index is 6.22. The predicted octanol–water partition coefficient (Wildman–Crippen LogP) is 4.89. The Hall–Kier alpha value is -3.22. The normalized spacial score (nSPS) is 20.8. The predicted molar refractivity (Wildman–Crippen MR) is 125 cm³/mol. The van der Waals surface area contributed by atoms with Crippen LogP contribution < -0.4 is 4.74 Å². The molecule has 1 aliphatic heterocycles. The summed E-state index contributed by atoms with van der Waals surface area (Å²) in [6.07, 6.45) is 10.2. The van der Waals surface area contributed by atoms with Crippen LogP contribution in [-0.4, -0.2) is 38.6 Å². The van der Waals surface area contributed by atoms with E-state index in [0.717, 1.165) is 33.9 Å². The number of ether oxygens (including phenoxy) is 1. The highest BCUT2D eigenvalue weighted by Crippen LogP contribution is 2.47. The molecule has 4 heterocycles. The Morgan fingerprint density at radius 1 is 1.03 bits per heavy atom. The number of nitrogens with zero attached hydrogens (tertiary/aromatic N) is 5. The second kappa shape index (κ2) is 7.73. The summed E-state index contributed by atoms with van der Waals surface area (Å²) >= 11 is 6.22. The van der Waals surface area contributed by atoms with Gasteiger partial charge in [0.05, 0.1) is 24.9 Å². The average molecular weight is 446 g/mol. The monoisotopic (exact) mass is 445 g/mol. The van der Waals surface area contributed by atoms with Crippen LogP contribution in [0.3, 0.4) is 0 Å². The maximum atomic E-state index is 6.22. The fourth-order valence-electron chi connectivity index (χ4n) is 4.70. The molecule has 6 nitrogen and oxygen atoms in total.